The smallest absolute Gasteiger partial charge is 0.195 e. The van der Waals surface area contributed by atoms with Gasteiger partial charge in [0.15, 0.2) is 5.78 Å². The molecule has 0 fully saturated rings. The molecule has 0 saturated carbocycles. The molecular weight excluding hydrogens is 246 g/mol. The maximum Gasteiger partial charge on any atom is 0.195 e. The summed E-state index contributed by atoms with van der Waals surface area (Å²) >= 11 is 5.94. The first-order valence-electron chi connectivity index (χ1n) is 5.49. The third-order valence-electron chi connectivity index (χ3n) is 2.52. The Morgan fingerprint density at radius 3 is 2.56 bits per heavy atom. The van der Waals surface area contributed by atoms with Gasteiger partial charge in [-0.15, -0.1) is 0 Å². The van der Waals surface area contributed by atoms with Gasteiger partial charge < -0.3 is 5.32 Å². The van der Waals surface area contributed by atoms with Gasteiger partial charge in [0.25, 0.3) is 0 Å². The summed E-state index contributed by atoms with van der Waals surface area (Å²) < 4.78 is 0. The number of carbonyl (C=O) groups excluding carboxylic acids is 1. The van der Waals surface area contributed by atoms with Crippen molar-refractivity contribution in [3.05, 3.63) is 77.5 Å². The third-order valence-corrected chi connectivity index (χ3v) is 2.75. The summed E-state index contributed by atoms with van der Waals surface area (Å²) in [7, 11) is 0. The van der Waals surface area contributed by atoms with Gasteiger partial charge in [0.2, 0.25) is 0 Å². The third kappa shape index (κ3) is 2.60. The minimum Gasteiger partial charge on any atom is -0.362 e. The van der Waals surface area contributed by atoms with E-state index in [0.29, 0.717) is 21.8 Å². The molecule has 2 rings (SSSR count). The van der Waals surface area contributed by atoms with Gasteiger partial charge in [-0.1, -0.05) is 48.5 Å². The van der Waals surface area contributed by atoms with Gasteiger partial charge in [-0.2, -0.15) is 0 Å². The molecule has 2 nitrogen and oxygen atoms in total. The molecule has 0 aliphatic rings. The fourth-order valence-corrected chi connectivity index (χ4v) is 1.86. The molecule has 90 valence electrons. The highest BCUT2D eigenvalue weighted by atomic mass is 35.5. The number of rotatable bonds is 4. The van der Waals surface area contributed by atoms with E-state index in [4.69, 9.17) is 11.6 Å². The van der Waals surface area contributed by atoms with Crippen LogP contribution in [0.5, 0.6) is 0 Å². The Morgan fingerprint density at radius 1 is 1.17 bits per heavy atom. The zero-order valence-electron chi connectivity index (χ0n) is 9.69. The van der Waals surface area contributed by atoms with E-state index in [-0.39, 0.29) is 5.78 Å². The molecule has 0 aliphatic carbocycles. The normalized spacial score (nSPS) is 9.83. The van der Waals surface area contributed by atoms with Crippen molar-refractivity contribution in [1.29, 1.82) is 0 Å². The topological polar surface area (TPSA) is 29.1 Å². The lowest BCUT2D eigenvalue weighted by molar-refractivity contribution is 0.103. The first kappa shape index (κ1) is 12.4. The van der Waals surface area contributed by atoms with Crippen molar-refractivity contribution in [1.82, 2.24) is 0 Å². The van der Waals surface area contributed by atoms with Crippen molar-refractivity contribution in [2.75, 3.05) is 5.32 Å². The Labute approximate surface area is 111 Å². The maximum atomic E-state index is 12.4. The summed E-state index contributed by atoms with van der Waals surface area (Å²) in [6.45, 7) is 3.60. The number of carbonyl (C=O) groups is 1. The van der Waals surface area contributed by atoms with Crippen molar-refractivity contribution in [3.8, 4) is 0 Å². The van der Waals surface area contributed by atoms with Crippen LogP contribution in [0.15, 0.2) is 61.3 Å². The summed E-state index contributed by atoms with van der Waals surface area (Å²) in [6.07, 6.45) is 1.53. The minimum atomic E-state index is -0.0672. The van der Waals surface area contributed by atoms with E-state index in [1.807, 2.05) is 18.2 Å². The predicted octanol–water partition coefficient (Wildman–Crippen LogP) is 4.13. The number of benzene rings is 2. The second kappa shape index (κ2) is 5.52. The number of ketones is 1. The number of anilines is 1. The van der Waals surface area contributed by atoms with Crippen LogP contribution in [0.25, 0.3) is 0 Å². The molecule has 2 aromatic carbocycles. The number of nitrogens with one attached hydrogen (secondary N) is 1. The predicted molar refractivity (Wildman–Crippen MR) is 75.1 cm³/mol. The molecule has 2 aromatic rings. The Balaban J connectivity index is 2.46. The van der Waals surface area contributed by atoms with Gasteiger partial charge >= 0.3 is 0 Å². The van der Waals surface area contributed by atoms with E-state index in [9.17, 15) is 4.79 Å². The highest BCUT2D eigenvalue weighted by molar-refractivity contribution is 6.31. The zero-order valence-corrected chi connectivity index (χ0v) is 10.4. The Bertz CT molecular complexity index is 578. The van der Waals surface area contributed by atoms with Gasteiger partial charge in [0.1, 0.15) is 0 Å². The largest absolute Gasteiger partial charge is 0.362 e. The molecule has 0 saturated heterocycles. The molecule has 0 atom stereocenters. The SMILES string of the molecule is C=CNc1ccc(Cl)cc1C(=O)c1ccccc1. The fourth-order valence-electron chi connectivity index (χ4n) is 1.69. The van der Waals surface area contributed by atoms with E-state index in [1.165, 1.54) is 6.20 Å². The summed E-state index contributed by atoms with van der Waals surface area (Å²) in [5.41, 5.74) is 1.86. The van der Waals surface area contributed by atoms with Crippen LogP contribution in [-0.2, 0) is 0 Å². The first-order chi connectivity index (χ1) is 8.72. The quantitative estimate of drug-likeness (QED) is 0.835. The zero-order chi connectivity index (χ0) is 13.0. The molecule has 0 heterocycles. The molecule has 0 spiro atoms. The average molecular weight is 258 g/mol. The van der Waals surface area contributed by atoms with Crippen LogP contribution in [0.1, 0.15) is 15.9 Å². The van der Waals surface area contributed by atoms with Crippen molar-refractivity contribution >= 4 is 23.1 Å². The van der Waals surface area contributed by atoms with E-state index >= 15 is 0 Å². The van der Waals surface area contributed by atoms with Gasteiger partial charge in [-0.25, -0.2) is 0 Å². The van der Waals surface area contributed by atoms with Crippen molar-refractivity contribution in [3.63, 3.8) is 0 Å². The standard InChI is InChI=1S/C15H12ClNO/c1-2-17-14-9-8-12(16)10-13(14)15(18)11-6-4-3-5-7-11/h2-10,17H,1H2. The number of hydrogen-bond acceptors (Lipinski definition) is 2. The van der Waals surface area contributed by atoms with Gasteiger partial charge in [0.05, 0.1) is 0 Å². The van der Waals surface area contributed by atoms with Crippen LogP contribution in [0.4, 0.5) is 5.69 Å². The lowest BCUT2D eigenvalue weighted by atomic mass is 10.0. The van der Waals surface area contributed by atoms with E-state index in [2.05, 4.69) is 11.9 Å². The summed E-state index contributed by atoms with van der Waals surface area (Å²) in [5.74, 6) is -0.0672. The second-order valence-electron chi connectivity index (χ2n) is 3.73. The van der Waals surface area contributed by atoms with Crippen LogP contribution in [0, 0.1) is 0 Å². The summed E-state index contributed by atoms with van der Waals surface area (Å²) in [5, 5.41) is 3.47. The Morgan fingerprint density at radius 2 is 1.89 bits per heavy atom. The minimum absolute atomic E-state index is 0.0672. The Hall–Kier alpha value is -2.06. The number of halogens is 1. The lowest BCUT2D eigenvalue weighted by Gasteiger charge is -2.09. The molecule has 1 N–H and O–H groups in total. The molecule has 0 radical (unpaired) electrons. The Kier molecular flexibility index (Phi) is 3.80. The van der Waals surface area contributed by atoms with E-state index in [1.54, 1.807) is 30.3 Å². The van der Waals surface area contributed by atoms with Gasteiger partial charge in [-0.05, 0) is 24.4 Å². The van der Waals surface area contributed by atoms with Crippen LogP contribution in [0.2, 0.25) is 5.02 Å². The fraction of sp³-hybridized carbons (Fsp3) is 0. The van der Waals surface area contributed by atoms with E-state index in [0.717, 1.165) is 0 Å². The molecule has 0 bridgehead atoms. The lowest BCUT2D eigenvalue weighted by Crippen LogP contribution is -2.04. The van der Waals surface area contributed by atoms with Crippen molar-refractivity contribution < 1.29 is 4.79 Å². The second-order valence-corrected chi connectivity index (χ2v) is 4.17. The van der Waals surface area contributed by atoms with Crippen LogP contribution in [-0.4, -0.2) is 5.78 Å². The molecular formula is C15H12ClNO. The average Bonchev–Trinajstić information content (AvgIpc) is 2.41. The first-order valence-corrected chi connectivity index (χ1v) is 5.87. The maximum absolute atomic E-state index is 12.4. The van der Waals surface area contributed by atoms with Crippen LogP contribution < -0.4 is 5.32 Å². The monoisotopic (exact) mass is 257 g/mol. The summed E-state index contributed by atoms with van der Waals surface area (Å²) in [4.78, 5) is 12.4. The van der Waals surface area contributed by atoms with Crippen LogP contribution >= 0.6 is 11.6 Å². The van der Waals surface area contributed by atoms with Gasteiger partial charge in [-0.3, -0.25) is 4.79 Å². The highest BCUT2D eigenvalue weighted by Gasteiger charge is 2.13. The molecule has 0 aliphatic heterocycles. The van der Waals surface area contributed by atoms with Gasteiger partial charge in [0, 0.05) is 21.8 Å². The molecule has 18 heavy (non-hydrogen) atoms. The summed E-state index contributed by atoms with van der Waals surface area (Å²) in [6, 6.07) is 14.2. The van der Waals surface area contributed by atoms with Crippen molar-refractivity contribution in [2.45, 2.75) is 0 Å². The molecule has 0 amide bonds. The molecule has 0 unspecified atom stereocenters. The van der Waals surface area contributed by atoms with Crippen LogP contribution in [0.3, 0.4) is 0 Å². The highest BCUT2D eigenvalue weighted by Crippen LogP contribution is 2.23. The van der Waals surface area contributed by atoms with Crippen molar-refractivity contribution in [2.24, 2.45) is 0 Å². The van der Waals surface area contributed by atoms with E-state index < -0.39 is 0 Å². The molecule has 0 aromatic heterocycles. The molecule has 3 heteroatoms. The number of hydrogen-bond donors (Lipinski definition) is 1.